The number of thiophene rings is 1. The van der Waals surface area contributed by atoms with Crippen molar-refractivity contribution in [1.29, 1.82) is 0 Å². The zero-order valence-electron chi connectivity index (χ0n) is 9.70. The van der Waals surface area contributed by atoms with Gasteiger partial charge in [0.15, 0.2) is 5.78 Å². The number of aromatic carboxylic acids is 1. The largest absolute Gasteiger partial charge is 0.475 e. The van der Waals surface area contributed by atoms with Gasteiger partial charge in [0.1, 0.15) is 5.76 Å². The molecule has 0 aromatic carbocycles. The van der Waals surface area contributed by atoms with Crippen LogP contribution in [0.25, 0.3) is 0 Å². The smallest absolute Gasteiger partial charge is 0.371 e. The van der Waals surface area contributed by atoms with Crippen LogP contribution in [-0.2, 0) is 16.6 Å². The molecule has 1 unspecified atom stereocenters. The highest BCUT2D eigenvalue weighted by Gasteiger charge is 2.15. The fraction of sp³-hybridized carbons (Fsp3) is 0.167. The molecule has 2 aromatic rings. The first-order valence-electron chi connectivity index (χ1n) is 5.30. The number of carbonyl (C=O) groups is 2. The van der Waals surface area contributed by atoms with Gasteiger partial charge in [-0.2, -0.15) is 0 Å². The van der Waals surface area contributed by atoms with Gasteiger partial charge in [0, 0.05) is 10.8 Å². The Morgan fingerprint density at radius 2 is 2.11 bits per heavy atom. The minimum absolute atomic E-state index is 0.0321. The fourth-order valence-corrected chi connectivity index (χ4v) is 3.21. The molecule has 0 aliphatic carbocycles. The SMILES string of the molecule is O=C(O)c1ccc(CS(=O)CC(=O)c2cccs2)o1. The van der Waals surface area contributed by atoms with E-state index in [0.717, 1.165) is 0 Å². The van der Waals surface area contributed by atoms with Gasteiger partial charge in [0.2, 0.25) is 5.76 Å². The van der Waals surface area contributed by atoms with Gasteiger partial charge in [-0.1, -0.05) is 6.07 Å². The maximum absolute atomic E-state index is 11.8. The third-order valence-corrected chi connectivity index (χ3v) is 4.37. The quantitative estimate of drug-likeness (QED) is 0.826. The molecule has 2 rings (SSSR count). The van der Waals surface area contributed by atoms with E-state index >= 15 is 0 Å². The lowest BCUT2D eigenvalue weighted by atomic mass is 10.4. The minimum Gasteiger partial charge on any atom is -0.475 e. The van der Waals surface area contributed by atoms with Crippen molar-refractivity contribution in [2.45, 2.75) is 5.75 Å². The van der Waals surface area contributed by atoms with E-state index in [-0.39, 0.29) is 23.0 Å². The molecule has 2 aromatic heterocycles. The van der Waals surface area contributed by atoms with Crippen molar-refractivity contribution in [3.8, 4) is 0 Å². The fourth-order valence-electron chi connectivity index (χ4n) is 1.43. The predicted molar refractivity (Wildman–Crippen MR) is 71.0 cm³/mol. The number of carboxylic acid groups (broad SMARTS) is 1. The zero-order chi connectivity index (χ0) is 13.8. The van der Waals surface area contributed by atoms with Crippen molar-refractivity contribution in [3.05, 3.63) is 46.0 Å². The first kappa shape index (κ1) is 13.7. The van der Waals surface area contributed by atoms with Gasteiger partial charge < -0.3 is 9.52 Å². The van der Waals surface area contributed by atoms with E-state index in [4.69, 9.17) is 9.52 Å². The average molecular weight is 298 g/mol. The van der Waals surface area contributed by atoms with Crippen LogP contribution >= 0.6 is 11.3 Å². The molecule has 100 valence electrons. The summed E-state index contributed by atoms with van der Waals surface area (Å²) in [6.07, 6.45) is 0. The van der Waals surface area contributed by atoms with Crippen LogP contribution in [0.1, 0.15) is 26.0 Å². The van der Waals surface area contributed by atoms with Gasteiger partial charge in [0.05, 0.1) is 16.4 Å². The summed E-state index contributed by atoms with van der Waals surface area (Å²) in [7, 11) is -1.42. The van der Waals surface area contributed by atoms with Crippen LogP contribution in [0.5, 0.6) is 0 Å². The van der Waals surface area contributed by atoms with Crippen molar-refractivity contribution in [3.63, 3.8) is 0 Å². The highest BCUT2D eigenvalue weighted by atomic mass is 32.2. The van der Waals surface area contributed by atoms with Gasteiger partial charge in [-0.05, 0) is 23.6 Å². The van der Waals surface area contributed by atoms with E-state index < -0.39 is 16.8 Å². The molecule has 1 atom stereocenters. The van der Waals surface area contributed by atoms with Crippen molar-refractivity contribution in [1.82, 2.24) is 0 Å². The molecule has 0 aliphatic heterocycles. The number of carbonyl (C=O) groups excluding carboxylic acids is 1. The first-order valence-corrected chi connectivity index (χ1v) is 7.66. The van der Waals surface area contributed by atoms with Crippen LogP contribution in [0.15, 0.2) is 34.1 Å². The summed E-state index contributed by atoms with van der Waals surface area (Å²) >= 11 is 1.30. The molecule has 7 heteroatoms. The topological polar surface area (TPSA) is 84.6 Å². The number of carboxylic acids is 1. The highest BCUT2D eigenvalue weighted by molar-refractivity contribution is 7.85. The minimum atomic E-state index is -1.42. The number of hydrogen-bond acceptors (Lipinski definition) is 5. The van der Waals surface area contributed by atoms with Gasteiger partial charge >= 0.3 is 5.97 Å². The summed E-state index contributed by atoms with van der Waals surface area (Å²) in [5.74, 6) is -1.31. The van der Waals surface area contributed by atoms with Crippen LogP contribution in [-0.4, -0.2) is 26.8 Å². The summed E-state index contributed by atoms with van der Waals surface area (Å²) in [6, 6.07) is 6.19. The Hall–Kier alpha value is -1.73. The van der Waals surface area contributed by atoms with E-state index in [0.29, 0.717) is 10.6 Å². The lowest BCUT2D eigenvalue weighted by Gasteiger charge is -1.98. The summed E-state index contributed by atoms with van der Waals surface area (Å²) in [5.41, 5.74) is 0. The Bertz CT molecular complexity index is 612. The van der Waals surface area contributed by atoms with Gasteiger partial charge in [-0.15, -0.1) is 11.3 Å². The molecule has 0 radical (unpaired) electrons. The molecular formula is C12H10O5S2. The normalized spacial score (nSPS) is 12.2. The third kappa shape index (κ3) is 3.62. The van der Waals surface area contributed by atoms with Gasteiger partial charge in [0.25, 0.3) is 0 Å². The van der Waals surface area contributed by atoms with Crippen molar-refractivity contribution in [2.24, 2.45) is 0 Å². The molecule has 5 nitrogen and oxygen atoms in total. The second-order valence-electron chi connectivity index (χ2n) is 3.70. The highest BCUT2D eigenvalue weighted by Crippen LogP contribution is 2.13. The van der Waals surface area contributed by atoms with E-state index in [1.54, 1.807) is 17.5 Å². The molecule has 0 bridgehead atoms. The van der Waals surface area contributed by atoms with Gasteiger partial charge in [-0.25, -0.2) is 4.79 Å². The molecule has 0 amide bonds. The molecule has 0 saturated heterocycles. The summed E-state index contributed by atoms with van der Waals surface area (Å²) in [4.78, 5) is 22.9. The monoisotopic (exact) mass is 298 g/mol. The molecule has 0 spiro atoms. The van der Waals surface area contributed by atoms with Gasteiger partial charge in [-0.3, -0.25) is 9.00 Å². The second kappa shape index (κ2) is 5.94. The lowest BCUT2D eigenvalue weighted by molar-refractivity contribution is 0.0660. The Balaban J connectivity index is 1.94. The van der Waals surface area contributed by atoms with Crippen LogP contribution in [0.3, 0.4) is 0 Å². The van der Waals surface area contributed by atoms with E-state index in [2.05, 4.69) is 0 Å². The van der Waals surface area contributed by atoms with E-state index in [1.165, 1.54) is 23.5 Å². The summed E-state index contributed by atoms with van der Waals surface area (Å²) < 4.78 is 16.8. The average Bonchev–Trinajstić information content (AvgIpc) is 2.98. The Morgan fingerprint density at radius 1 is 1.32 bits per heavy atom. The van der Waals surface area contributed by atoms with Crippen molar-refractivity contribution < 1.29 is 23.3 Å². The summed E-state index contributed by atoms with van der Waals surface area (Å²) in [5, 5.41) is 10.5. The zero-order valence-corrected chi connectivity index (χ0v) is 11.3. The summed E-state index contributed by atoms with van der Waals surface area (Å²) in [6.45, 7) is 0. The molecule has 0 saturated carbocycles. The molecule has 0 fully saturated rings. The molecule has 19 heavy (non-hydrogen) atoms. The maximum Gasteiger partial charge on any atom is 0.371 e. The Morgan fingerprint density at radius 3 is 2.68 bits per heavy atom. The second-order valence-corrected chi connectivity index (χ2v) is 6.10. The number of ketones is 1. The third-order valence-electron chi connectivity index (χ3n) is 2.26. The van der Waals surface area contributed by atoms with E-state index in [9.17, 15) is 13.8 Å². The van der Waals surface area contributed by atoms with Crippen molar-refractivity contribution >= 4 is 33.9 Å². The first-order chi connectivity index (χ1) is 9.06. The van der Waals surface area contributed by atoms with E-state index in [1.807, 2.05) is 0 Å². The lowest BCUT2D eigenvalue weighted by Crippen LogP contribution is -2.10. The standard InChI is InChI=1S/C12H10O5S2/c13-9(11-2-1-5-18-11)7-19(16)6-8-3-4-10(17-8)12(14)15/h1-5H,6-7H2,(H,14,15). The van der Waals surface area contributed by atoms with Crippen LogP contribution < -0.4 is 0 Å². The number of rotatable bonds is 6. The Labute approximate surface area is 115 Å². The van der Waals surface area contributed by atoms with Crippen molar-refractivity contribution in [2.75, 3.05) is 5.75 Å². The molecule has 0 aliphatic rings. The Kier molecular flexibility index (Phi) is 4.28. The molecule has 1 N–H and O–H groups in total. The molecule has 2 heterocycles. The maximum atomic E-state index is 11.8. The number of hydrogen-bond donors (Lipinski definition) is 1. The predicted octanol–water partition coefficient (Wildman–Crippen LogP) is 2.17. The van der Waals surface area contributed by atoms with Crippen LogP contribution in [0, 0.1) is 0 Å². The number of Topliss-reactive ketones (excluding diaryl/α,β-unsaturated/α-hetero) is 1. The van der Waals surface area contributed by atoms with Crippen LogP contribution in [0.4, 0.5) is 0 Å². The molecular weight excluding hydrogens is 288 g/mol. The van der Waals surface area contributed by atoms with Crippen LogP contribution in [0.2, 0.25) is 0 Å². The number of furan rings is 1.